The zero-order chi connectivity index (χ0) is 26.1. The van der Waals surface area contributed by atoms with Gasteiger partial charge in [-0.1, -0.05) is 111 Å². The molecule has 7 aromatic rings. The highest BCUT2D eigenvalue weighted by Gasteiger charge is 2.37. The van der Waals surface area contributed by atoms with Gasteiger partial charge in [-0.25, -0.2) is 0 Å². The summed E-state index contributed by atoms with van der Waals surface area (Å²) in [7, 11) is 0. The van der Waals surface area contributed by atoms with Gasteiger partial charge >= 0.3 is 0 Å². The Morgan fingerprint density at radius 2 is 1.03 bits per heavy atom. The first-order valence-electron chi connectivity index (χ1n) is 13.5. The van der Waals surface area contributed by atoms with Gasteiger partial charge in [-0.15, -0.1) is 0 Å². The third-order valence-corrected chi connectivity index (χ3v) is 8.61. The molecule has 2 nitrogen and oxygen atoms in total. The van der Waals surface area contributed by atoms with E-state index in [0.29, 0.717) is 0 Å². The van der Waals surface area contributed by atoms with E-state index in [1.807, 2.05) is 6.20 Å². The van der Waals surface area contributed by atoms with Gasteiger partial charge in [0, 0.05) is 23.4 Å². The van der Waals surface area contributed by atoms with Crippen LogP contribution in [0.2, 0.25) is 0 Å². The zero-order valence-corrected chi connectivity index (χ0v) is 21.9. The van der Waals surface area contributed by atoms with Crippen molar-refractivity contribution >= 4 is 32.3 Å². The number of hydrogen-bond acceptors (Lipinski definition) is 2. The van der Waals surface area contributed by atoms with E-state index in [-0.39, 0.29) is 5.41 Å². The molecule has 8 rings (SSSR count). The van der Waals surface area contributed by atoms with Crippen LogP contribution in [0.4, 0.5) is 0 Å². The van der Waals surface area contributed by atoms with Crippen molar-refractivity contribution in [3.63, 3.8) is 0 Å². The third-order valence-electron chi connectivity index (χ3n) is 8.61. The molecule has 1 aliphatic carbocycles. The molecule has 0 fully saturated rings. The first-order valence-corrected chi connectivity index (χ1v) is 13.5. The predicted molar refractivity (Wildman–Crippen MR) is 163 cm³/mol. The third kappa shape index (κ3) is 3.03. The molecule has 0 unspecified atom stereocenters. The Kier molecular flexibility index (Phi) is 4.60. The fourth-order valence-electron chi connectivity index (χ4n) is 6.88. The fourth-order valence-corrected chi connectivity index (χ4v) is 6.88. The maximum absolute atomic E-state index is 4.73. The van der Waals surface area contributed by atoms with Crippen LogP contribution in [-0.2, 0) is 5.41 Å². The number of hydrogen-bond donors (Lipinski definition) is 0. The van der Waals surface area contributed by atoms with Crippen molar-refractivity contribution in [2.24, 2.45) is 0 Å². The fraction of sp³-hybridized carbons (Fsp3) is 0.0811. The van der Waals surface area contributed by atoms with Crippen molar-refractivity contribution in [1.82, 2.24) is 9.97 Å². The van der Waals surface area contributed by atoms with E-state index in [2.05, 4.69) is 122 Å². The normalized spacial score (nSPS) is 13.6. The first-order chi connectivity index (χ1) is 19.1. The Balaban J connectivity index is 1.57. The maximum Gasteiger partial charge on any atom is 0.0897 e. The van der Waals surface area contributed by atoms with Gasteiger partial charge in [-0.2, -0.15) is 0 Å². The Labute approximate surface area is 227 Å². The SMILES string of the molecule is CC1(C)c2ccccc2-c2c1cc(-c1c3ccccc3c(-c3cnccn3)c3ccccc13)c1ccccc21. The number of rotatable bonds is 2. The molecular weight excluding hydrogens is 472 g/mol. The van der Waals surface area contributed by atoms with E-state index in [0.717, 1.165) is 11.3 Å². The Bertz CT molecular complexity index is 2030. The van der Waals surface area contributed by atoms with E-state index >= 15 is 0 Å². The molecule has 1 aliphatic rings. The van der Waals surface area contributed by atoms with Crippen molar-refractivity contribution in [3.05, 3.63) is 133 Å². The molecule has 1 aromatic heterocycles. The van der Waals surface area contributed by atoms with Crippen LogP contribution in [0.3, 0.4) is 0 Å². The standard InChI is InChI=1S/C37H26N2/c1-37(2)31-18-10-9-17-29(31)35-24-12-4-3-11-23(24)30(21-32(35)37)34-25-13-5-7-15-27(25)36(33-22-38-19-20-39-33)28-16-8-6-14-26(28)34/h3-22H,1-2H3. The van der Waals surface area contributed by atoms with Gasteiger partial charge in [-0.3, -0.25) is 9.97 Å². The van der Waals surface area contributed by atoms with Crippen molar-refractivity contribution in [1.29, 1.82) is 0 Å². The summed E-state index contributed by atoms with van der Waals surface area (Å²) >= 11 is 0. The number of benzene rings is 6. The second-order valence-electron chi connectivity index (χ2n) is 11.0. The predicted octanol–water partition coefficient (Wildman–Crippen LogP) is 9.58. The highest BCUT2D eigenvalue weighted by Crippen LogP contribution is 2.54. The van der Waals surface area contributed by atoms with Crippen molar-refractivity contribution in [2.45, 2.75) is 19.3 Å². The topological polar surface area (TPSA) is 25.8 Å². The highest BCUT2D eigenvalue weighted by molar-refractivity contribution is 6.24. The minimum absolute atomic E-state index is 0.0874. The van der Waals surface area contributed by atoms with Gasteiger partial charge in [-0.05, 0) is 71.8 Å². The average Bonchev–Trinajstić information content (AvgIpc) is 3.22. The van der Waals surface area contributed by atoms with E-state index in [9.17, 15) is 0 Å². The highest BCUT2D eigenvalue weighted by atomic mass is 14.8. The molecule has 0 bridgehead atoms. The molecule has 0 radical (unpaired) electrons. The van der Waals surface area contributed by atoms with Crippen LogP contribution in [0, 0.1) is 0 Å². The maximum atomic E-state index is 4.73. The summed E-state index contributed by atoms with van der Waals surface area (Å²) < 4.78 is 0. The van der Waals surface area contributed by atoms with Crippen LogP contribution < -0.4 is 0 Å². The lowest BCUT2D eigenvalue weighted by Crippen LogP contribution is -2.15. The molecular formula is C37H26N2. The molecule has 39 heavy (non-hydrogen) atoms. The van der Waals surface area contributed by atoms with Crippen molar-refractivity contribution in [2.75, 3.05) is 0 Å². The molecule has 0 amide bonds. The molecule has 0 spiro atoms. The number of nitrogens with zero attached hydrogens (tertiary/aromatic N) is 2. The first kappa shape index (κ1) is 22.2. The van der Waals surface area contributed by atoms with Crippen LogP contribution in [0.5, 0.6) is 0 Å². The summed E-state index contributed by atoms with van der Waals surface area (Å²) in [5.74, 6) is 0. The van der Waals surface area contributed by atoms with Crippen LogP contribution in [0.1, 0.15) is 25.0 Å². The molecule has 0 saturated heterocycles. The minimum atomic E-state index is -0.0874. The molecule has 0 saturated carbocycles. The molecule has 0 atom stereocenters. The van der Waals surface area contributed by atoms with Crippen LogP contribution >= 0.6 is 0 Å². The summed E-state index contributed by atoms with van der Waals surface area (Å²) in [6.45, 7) is 4.73. The molecule has 6 aromatic carbocycles. The van der Waals surface area contributed by atoms with E-state index in [4.69, 9.17) is 4.98 Å². The van der Waals surface area contributed by atoms with Gasteiger partial charge < -0.3 is 0 Å². The van der Waals surface area contributed by atoms with Crippen molar-refractivity contribution in [3.8, 4) is 33.5 Å². The van der Waals surface area contributed by atoms with E-state index in [1.165, 1.54) is 65.7 Å². The lowest BCUT2D eigenvalue weighted by Gasteiger charge is -2.24. The molecule has 1 heterocycles. The zero-order valence-electron chi connectivity index (χ0n) is 21.9. The van der Waals surface area contributed by atoms with Crippen LogP contribution in [-0.4, -0.2) is 9.97 Å². The lowest BCUT2D eigenvalue weighted by molar-refractivity contribution is 0.661. The van der Waals surface area contributed by atoms with Gasteiger partial charge in [0.2, 0.25) is 0 Å². The van der Waals surface area contributed by atoms with Crippen LogP contribution in [0.15, 0.2) is 122 Å². The van der Waals surface area contributed by atoms with Gasteiger partial charge in [0.15, 0.2) is 0 Å². The van der Waals surface area contributed by atoms with E-state index < -0.39 is 0 Å². The Hall–Kier alpha value is -4.82. The summed E-state index contributed by atoms with van der Waals surface area (Å²) in [5.41, 5.74) is 10.0. The summed E-state index contributed by atoms with van der Waals surface area (Å²) in [6, 6.07) is 37.9. The summed E-state index contributed by atoms with van der Waals surface area (Å²) in [6.07, 6.45) is 5.39. The van der Waals surface area contributed by atoms with Gasteiger partial charge in [0.25, 0.3) is 0 Å². The smallest absolute Gasteiger partial charge is 0.0897 e. The van der Waals surface area contributed by atoms with E-state index in [1.54, 1.807) is 12.4 Å². The second kappa shape index (κ2) is 8.09. The summed E-state index contributed by atoms with van der Waals surface area (Å²) in [4.78, 5) is 9.14. The summed E-state index contributed by atoms with van der Waals surface area (Å²) in [5, 5.41) is 7.45. The molecule has 0 aliphatic heterocycles. The Morgan fingerprint density at radius 1 is 0.487 bits per heavy atom. The van der Waals surface area contributed by atoms with Gasteiger partial charge in [0.1, 0.15) is 0 Å². The lowest BCUT2D eigenvalue weighted by atomic mass is 9.79. The van der Waals surface area contributed by atoms with Crippen LogP contribution in [0.25, 0.3) is 65.8 Å². The van der Waals surface area contributed by atoms with Crippen molar-refractivity contribution < 1.29 is 0 Å². The van der Waals surface area contributed by atoms with Gasteiger partial charge in [0.05, 0.1) is 11.9 Å². The largest absolute Gasteiger partial charge is 0.261 e. The number of aromatic nitrogens is 2. The molecule has 0 N–H and O–H groups in total. The molecule has 184 valence electrons. The monoisotopic (exact) mass is 498 g/mol. The average molecular weight is 499 g/mol. The quantitative estimate of drug-likeness (QED) is 0.222. The molecule has 2 heteroatoms. The second-order valence-corrected chi connectivity index (χ2v) is 11.0. The Morgan fingerprint density at radius 3 is 1.64 bits per heavy atom. The minimum Gasteiger partial charge on any atom is -0.261 e. The number of fused-ring (bicyclic) bond motifs is 7.